The van der Waals surface area contributed by atoms with Crippen molar-refractivity contribution < 1.29 is 9.50 Å². The van der Waals surface area contributed by atoms with Gasteiger partial charge in [0.2, 0.25) is 0 Å². The Kier molecular flexibility index (Phi) is 5.09. The van der Waals surface area contributed by atoms with Crippen molar-refractivity contribution in [2.75, 3.05) is 6.54 Å². The van der Waals surface area contributed by atoms with Gasteiger partial charge in [-0.2, -0.15) is 0 Å². The molecule has 0 bridgehead atoms. The van der Waals surface area contributed by atoms with Crippen LogP contribution in [-0.4, -0.2) is 28.7 Å². The molecule has 0 aliphatic carbocycles. The normalized spacial score (nSPS) is 13.4. The van der Waals surface area contributed by atoms with Gasteiger partial charge in [0, 0.05) is 24.7 Å². The van der Waals surface area contributed by atoms with E-state index in [1.165, 1.54) is 6.07 Å². The molecule has 17 heavy (non-hydrogen) atoms. The Morgan fingerprint density at radius 3 is 2.47 bits per heavy atom. The van der Waals surface area contributed by atoms with E-state index in [0.717, 1.165) is 5.56 Å². The van der Waals surface area contributed by atoms with Crippen molar-refractivity contribution in [2.24, 2.45) is 0 Å². The molecule has 0 aromatic heterocycles. The van der Waals surface area contributed by atoms with Gasteiger partial charge >= 0.3 is 0 Å². The van der Waals surface area contributed by atoms with E-state index in [2.05, 4.69) is 18.7 Å². The summed E-state index contributed by atoms with van der Waals surface area (Å²) in [7, 11) is 0. The van der Waals surface area contributed by atoms with Gasteiger partial charge in [0.25, 0.3) is 0 Å². The predicted molar refractivity (Wildman–Crippen MR) is 68.4 cm³/mol. The first-order chi connectivity index (χ1) is 7.90. The highest BCUT2D eigenvalue weighted by atomic mass is 19.1. The standard InChI is InChI=1S/C14H22FNO/c1-10(2)16(8-12(4)17)9-13-7-11(3)5-6-14(13)15/h5-7,10,12,17H,8-9H2,1-4H3. The van der Waals surface area contributed by atoms with Gasteiger partial charge in [-0.25, -0.2) is 4.39 Å². The highest BCUT2D eigenvalue weighted by Crippen LogP contribution is 2.14. The lowest BCUT2D eigenvalue weighted by Gasteiger charge is -2.28. The van der Waals surface area contributed by atoms with E-state index in [0.29, 0.717) is 18.7 Å². The first kappa shape index (κ1) is 14.1. The number of rotatable bonds is 5. The van der Waals surface area contributed by atoms with E-state index < -0.39 is 6.10 Å². The number of hydrogen-bond donors (Lipinski definition) is 1. The van der Waals surface area contributed by atoms with Crippen LogP contribution in [-0.2, 0) is 6.54 Å². The van der Waals surface area contributed by atoms with Crippen LogP contribution in [0.5, 0.6) is 0 Å². The summed E-state index contributed by atoms with van der Waals surface area (Å²) >= 11 is 0. The van der Waals surface area contributed by atoms with Gasteiger partial charge < -0.3 is 5.11 Å². The molecule has 1 unspecified atom stereocenters. The monoisotopic (exact) mass is 239 g/mol. The summed E-state index contributed by atoms with van der Waals surface area (Å²) in [4.78, 5) is 2.07. The topological polar surface area (TPSA) is 23.5 Å². The Labute approximate surface area is 103 Å². The summed E-state index contributed by atoms with van der Waals surface area (Å²) in [5.41, 5.74) is 1.75. The third-order valence-electron chi connectivity index (χ3n) is 2.80. The summed E-state index contributed by atoms with van der Waals surface area (Å²) in [6.45, 7) is 8.91. The van der Waals surface area contributed by atoms with Gasteiger partial charge in [-0.15, -0.1) is 0 Å². The van der Waals surface area contributed by atoms with Crippen molar-refractivity contribution in [1.29, 1.82) is 0 Å². The molecule has 0 aliphatic heterocycles. The van der Waals surface area contributed by atoms with Crippen LogP contribution in [0.4, 0.5) is 4.39 Å². The van der Waals surface area contributed by atoms with Crippen LogP contribution in [0.3, 0.4) is 0 Å². The Hall–Kier alpha value is -0.930. The van der Waals surface area contributed by atoms with Crippen LogP contribution in [0, 0.1) is 12.7 Å². The number of halogens is 1. The number of benzene rings is 1. The van der Waals surface area contributed by atoms with Gasteiger partial charge in [0.1, 0.15) is 5.82 Å². The molecule has 3 heteroatoms. The number of aryl methyl sites for hydroxylation is 1. The lowest BCUT2D eigenvalue weighted by Crippen LogP contribution is -2.36. The molecule has 1 atom stereocenters. The molecule has 0 amide bonds. The fourth-order valence-electron chi connectivity index (χ4n) is 1.84. The van der Waals surface area contributed by atoms with E-state index in [9.17, 15) is 9.50 Å². The van der Waals surface area contributed by atoms with Crippen molar-refractivity contribution in [3.05, 3.63) is 35.1 Å². The van der Waals surface area contributed by atoms with E-state index in [-0.39, 0.29) is 11.9 Å². The molecule has 0 radical (unpaired) electrons. The van der Waals surface area contributed by atoms with Crippen molar-refractivity contribution in [3.8, 4) is 0 Å². The van der Waals surface area contributed by atoms with Gasteiger partial charge in [0.05, 0.1) is 6.10 Å². The SMILES string of the molecule is Cc1ccc(F)c(CN(CC(C)O)C(C)C)c1. The first-order valence-corrected chi connectivity index (χ1v) is 6.07. The molecule has 96 valence electrons. The molecule has 1 N–H and O–H groups in total. The van der Waals surface area contributed by atoms with Crippen molar-refractivity contribution in [3.63, 3.8) is 0 Å². The maximum Gasteiger partial charge on any atom is 0.127 e. The summed E-state index contributed by atoms with van der Waals surface area (Å²) < 4.78 is 13.6. The molecule has 0 saturated carbocycles. The maximum atomic E-state index is 13.6. The molecule has 0 saturated heterocycles. The van der Waals surface area contributed by atoms with Crippen LogP contribution in [0.2, 0.25) is 0 Å². The molecule has 0 heterocycles. The van der Waals surface area contributed by atoms with Gasteiger partial charge in [-0.3, -0.25) is 4.90 Å². The minimum Gasteiger partial charge on any atom is -0.392 e. The van der Waals surface area contributed by atoms with E-state index in [1.54, 1.807) is 13.0 Å². The number of hydrogen-bond acceptors (Lipinski definition) is 2. The lowest BCUT2D eigenvalue weighted by atomic mass is 10.1. The third-order valence-corrected chi connectivity index (χ3v) is 2.80. The molecule has 1 aromatic rings. The Morgan fingerprint density at radius 2 is 1.94 bits per heavy atom. The number of aliphatic hydroxyl groups is 1. The van der Waals surface area contributed by atoms with Crippen LogP contribution in [0.15, 0.2) is 18.2 Å². The summed E-state index contributed by atoms with van der Waals surface area (Å²) in [5.74, 6) is -0.174. The fraction of sp³-hybridized carbons (Fsp3) is 0.571. The Balaban J connectivity index is 2.81. The molecular weight excluding hydrogens is 217 g/mol. The van der Waals surface area contributed by atoms with E-state index in [1.807, 2.05) is 13.0 Å². The minimum atomic E-state index is -0.398. The molecule has 1 aromatic carbocycles. The van der Waals surface area contributed by atoms with Crippen LogP contribution < -0.4 is 0 Å². The Morgan fingerprint density at radius 1 is 1.29 bits per heavy atom. The van der Waals surface area contributed by atoms with Crippen molar-refractivity contribution in [2.45, 2.75) is 46.4 Å². The number of nitrogens with zero attached hydrogens (tertiary/aromatic N) is 1. The smallest absolute Gasteiger partial charge is 0.127 e. The molecule has 1 rings (SSSR count). The van der Waals surface area contributed by atoms with Crippen LogP contribution >= 0.6 is 0 Å². The summed E-state index contributed by atoms with van der Waals surface area (Å²) in [6, 6.07) is 5.43. The van der Waals surface area contributed by atoms with Crippen LogP contribution in [0.1, 0.15) is 31.9 Å². The van der Waals surface area contributed by atoms with Gasteiger partial charge in [-0.05, 0) is 33.8 Å². The van der Waals surface area contributed by atoms with Gasteiger partial charge in [-0.1, -0.05) is 17.7 Å². The zero-order valence-electron chi connectivity index (χ0n) is 11.1. The highest BCUT2D eigenvalue weighted by Gasteiger charge is 2.14. The maximum absolute atomic E-state index is 13.6. The largest absolute Gasteiger partial charge is 0.392 e. The minimum absolute atomic E-state index is 0.174. The Bertz CT molecular complexity index is 363. The molecule has 0 spiro atoms. The molecular formula is C14H22FNO. The third kappa shape index (κ3) is 4.44. The zero-order chi connectivity index (χ0) is 13.0. The second-order valence-corrected chi connectivity index (χ2v) is 4.97. The summed E-state index contributed by atoms with van der Waals surface area (Å²) in [5, 5.41) is 9.44. The van der Waals surface area contributed by atoms with Crippen LogP contribution in [0.25, 0.3) is 0 Å². The average molecular weight is 239 g/mol. The quantitative estimate of drug-likeness (QED) is 0.854. The number of aliphatic hydroxyl groups excluding tert-OH is 1. The average Bonchev–Trinajstić information content (AvgIpc) is 2.21. The van der Waals surface area contributed by atoms with E-state index in [4.69, 9.17) is 0 Å². The van der Waals surface area contributed by atoms with E-state index >= 15 is 0 Å². The lowest BCUT2D eigenvalue weighted by molar-refractivity contribution is 0.102. The molecule has 0 aliphatic rings. The molecule has 2 nitrogen and oxygen atoms in total. The predicted octanol–water partition coefficient (Wildman–Crippen LogP) is 2.73. The first-order valence-electron chi connectivity index (χ1n) is 6.07. The summed E-state index contributed by atoms with van der Waals surface area (Å²) in [6.07, 6.45) is -0.398. The second kappa shape index (κ2) is 6.12. The zero-order valence-corrected chi connectivity index (χ0v) is 11.1. The van der Waals surface area contributed by atoms with Crippen molar-refractivity contribution in [1.82, 2.24) is 4.90 Å². The fourth-order valence-corrected chi connectivity index (χ4v) is 1.84. The van der Waals surface area contributed by atoms with Gasteiger partial charge in [0.15, 0.2) is 0 Å². The second-order valence-electron chi connectivity index (χ2n) is 4.97. The highest BCUT2D eigenvalue weighted by molar-refractivity contribution is 5.24. The van der Waals surface area contributed by atoms with Crippen molar-refractivity contribution >= 4 is 0 Å². The molecule has 0 fully saturated rings.